The topological polar surface area (TPSA) is 124 Å². The van der Waals surface area contributed by atoms with E-state index in [0.29, 0.717) is 30.0 Å². The van der Waals surface area contributed by atoms with E-state index in [1.54, 1.807) is 24.4 Å². The van der Waals surface area contributed by atoms with Gasteiger partial charge in [0.05, 0.1) is 12.7 Å². The Balaban J connectivity index is 1.58. The summed E-state index contributed by atoms with van der Waals surface area (Å²) in [6.07, 6.45) is 2.77. The number of esters is 2. The Hall–Kier alpha value is -4.73. The van der Waals surface area contributed by atoms with Crippen LogP contribution in [0.2, 0.25) is 0 Å². The Labute approximate surface area is 226 Å². The Kier molecular flexibility index (Phi) is 8.88. The van der Waals surface area contributed by atoms with Crippen LogP contribution in [0.25, 0.3) is 17.0 Å². The van der Waals surface area contributed by atoms with Crippen LogP contribution in [0, 0.1) is 5.92 Å². The molecule has 2 heterocycles. The minimum atomic E-state index is -1.06. The highest BCUT2D eigenvalue weighted by atomic mass is 16.5. The predicted molar refractivity (Wildman–Crippen MR) is 146 cm³/mol. The summed E-state index contributed by atoms with van der Waals surface area (Å²) in [6, 6.07) is 18.7. The smallest absolute Gasteiger partial charge is 0.338 e. The van der Waals surface area contributed by atoms with Gasteiger partial charge >= 0.3 is 11.9 Å². The molecule has 39 heavy (non-hydrogen) atoms. The van der Waals surface area contributed by atoms with E-state index < -0.39 is 23.9 Å². The Bertz CT molecular complexity index is 1450. The molecule has 1 unspecified atom stereocenters. The average Bonchev–Trinajstić information content (AvgIpc) is 3.33. The molecule has 0 aliphatic heterocycles. The van der Waals surface area contributed by atoms with Crippen molar-refractivity contribution in [3.63, 3.8) is 0 Å². The van der Waals surface area contributed by atoms with Gasteiger partial charge in [-0.25, -0.2) is 14.8 Å². The number of hydrogen-bond acceptors (Lipinski definition) is 8. The van der Waals surface area contributed by atoms with Gasteiger partial charge in [0.25, 0.3) is 5.91 Å². The van der Waals surface area contributed by atoms with E-state index in [2.05, 4.69) is 20.4 Å². The van der Waals surface area contributed by atoms with Crippen LogP contribution in [0.1, 0.15) is 36.2 Å². The highest BCUT2D eigenvalue weighted by Gasteiger charge is 2.26. The molecule has 2 aromatic heterocycles. The van der Waals surface area contributed by atoms with Crippen LogP contribution in [0.5, 0.6) is 0 Å². The second kappa shape index (κ2) is 12.7. The number of nitrogens with one attached hydrogen (secondary N) is 2. The van der Waals surface area contributed by atoms with E-state index in [1.807, 2.05) is 66.9 Å². The van der Waals surface area contributed by atoms with Gasteiger partial charge in [0.1, 0.15) is 18.1 Å². The third-order valence-corrected chi connectivity index (χ3v) is 5.94. The number of methoxy groups -OCH3 is 1. The van der Waals surface area contributed by atoms with Crippen LogP contribution in [0.4, 0.5) is 5.82 Å². The molecular formula is C29H31N5O5. The number of fused-ring (bicyclic) bond motifs is 1. The van der Waals surface area contributed by atoms with Crippen molar-refractivity contribution in [2.24, 2.45) is 5.92 Å². The summed E-state index contributed by atoms with van der Waals surface area (Å²) >= 11 is 0. The lowest BCUT2D eigenvalue weighted by Crippen LogP contribution is -2.41. The summed E-state index contributed by atoms with van der Waals surface area (Å²) in [5.74, 6) is -0.498. The zero-order valence-electron chi connectivity index (χ0n) is 22.1. The van der Waals surface area contributed by atoms with Crippen LogP contribution in [0.3, 0.4) is 0 Å². The minimum Gasteiger partial charge on any atom is -0.468 e. The minimum absolute atomic E-state index is 0.0710. The average molecular weight is 530 g/mol. The lowest BCUT2D eigenvalue weighted by molar-refractivity contribution is -0.142. The summed E-state index contributed by atoms with van der Waals surface area (Å²) in [5.41, 5.74) is 2.66. The number of benzene rings is 2. The molecule has 2 N–H and O–H groups in total. The third-order valence-electron chi connectivity index (χ3n) is 5.94. The van der Waals surface area contributed by atoms with Gasteiger partial charge in [-0.1, -0.05) is 56.3 Å². The second-order valence-electron chi connectivity index (χ2n) is 9.34. The number of aromatic nitrogens is 3. The molecule has 1 atom stereocenters. The maximum atomic E-state index is 13.1. The van der Waals surface area contributed by atoms with Crippen LogP contribution in [0.15, 0.2) is 73.1 Å². The maximum absolute atomic E-state index is 13.1. The number of carbonyl (C=O) groups excluding carboxylic acids is 3. The molecule has 10 heteroatoms. The number of nitrogens with zero attached hydrogens (tertiary/aromatic N) is 3. The Morgan fingerprint density at radius 3 is 2.56 bits per heavy atom. The molecule has 4 rings (SSSR count). The molecule has 4 aromatic rings. The van der Waals surface area contributed by atoms with Crippen LogP contribution >= 0.6 is 0 Å². The highest BCUT2D eigenvalue weighted by molar-refractivity contribution is 5.94. The number of amides is 1. The van der Waals surface area contributed by atoms with Crippen molar-refractivity contribution in [3.05, 3.63) is 84.2 Å². The van der Waals surface area contributed by atoms with E-state index in [4.69, 9.17) is 9.72 Å². The van der Waals surface area contributed by atoms with Gasteiger partial charge in [0.15, 0.2) is 6.10 Å². The number of imidazole rings is 1. The van der Waals surface area contributed by atoms with Crippen LogP contribution < -0.4 is 10.6 Å². The first-order valence-corrected chi connectivity index (χ1v) is 12.6. The summed E-state index contributed by atoms with van der Waals surface area (Å²) in [5, 5.41) is 5.91. The second-order valence-corrected chi connectivity index (χ2v) is 9.34. The fourth-order valence-electron chi connectivity index (χ4n) is 4.01. The molecule has 202 valence electrons. The highest BCUT2D eigenvalue weighted by Crippen LogP contribution is 2.29. The molecule has 0 fully saturated rings. The van der Waals surface area contributed by atoms with E-state index in [-0.39, 0.29) is 18.0 Å². The van der Waals surface area contributed by atoms with Crippen molar-refractivity contribution in [1.82, 2.24) is 19.7 Å². The summed E-state index contributed by atoms with van der Waals surface area (Å²) in [6.45, 7) is 4.08. The molecule has 0 saturated heterocycles. The van der Waals surface area contributed by atoms with E-state index in [0.717, 1.165) is 11.4 Å². The lowest BCUT2D eigenvalue weighted by atomic mass is 10.0. The Morgan fingerprint density at radius 1 is 1.03 bits per heavy atom. The third kappa shape index (κ3) is 6.98. The summed E-state index contributed by atoms with van der Waals surface area (Å²) < 4.78 is 12.0. The fourth-order valence-corrected chi connectivity index (χ4v) is 4.01. The molecule has 0 saturated carbocycles. The standard InChI is InChI=1S/C29H31N5O5/c1-19(2)15-23(27(36)32-18-24(35)38-3)39-28(37)22-12-7-11-21(16-22)25-26(31-17-20-9-5-4-6-10-20)34-14-8-13-30-29(34)33-25/h4-14,16,19,23,31H,15,17-18H2,1-3H3,(H,32,36). The molecule has 2 aromatic carbocycles. The van der Waals surface area contributed by atoms with Crippen molar-refractivity contribution < 1.29 is 23.9 Å². The van der Waals surface area contributed by atoms with E-state index in [9.17, 15) is 14.4 Å². The number of hydrogen-bond donors (Lipinski definition) is 2. The zero-order chi connectivity index (χ0) is 27.8. The molecule has 0 aliphatic carbocycles. The van der Waals surface area contributed by atoms with Crippen molar-refractivity contribution in [1.29, 1.82) is 0 Å². The number of carbonyl (C=O) groups is 3. The summed E-state index contributed by atoms with van der Waals surface area (Å²) in [4.78, 5) is 46.3. The van der Waals surface area contributed by atoms with Gasteiger partial charge < -0.3 is 20.1 Å². The van der Waals surface area contributed by atoms with Gasteiger partial charge in [0.2, 0.25) is 5.78 Å². The molecule has 0 radical (unpaired) electrons. The van der Waals surface area contributed by atoms with Gasteiger partial charge in [0, 0.05) is 24.5 Å². The predicted octanol–water partition coefficient (Wildman–Crippen LogP) is 3.87. The first-order chi connectivity index (χ1) is 18.9. The van der Waals surface area contributed by atoms with Gasteiger partial charge in [-0.3, -0.25) is 14.0 Å². The molecule has 0 aliphatic rings. The maximum Gasteiger partial charge on any atom is 0.338 e. The van der Waals surface area contributed by atoms with Gasteiger partial charge in [-0.15, -0.1) is 0 Å². The number of ether oxygens (including phenoxy) is 2. The zero-order valence-corrected chi connectivity index (χ0v) is 22.1. The molecule has 10 nitrogen and oxygen atoms in total. The molecule has 0 bridgehead atoms. The normalized spacial score (nSPS) is 11.7. The SMILES string of the molecule is COC(=O)CNC(=O)C(CC(C)C)OC(=O)c1cccc(-c2nc3ncccn3c2NCc2ccccc2)c1. The van der Waals surface area contributed by atoms with Crippen molar-refractivity contribution >= 4 is 29.4 Å². The fraction of sp³-hybridized carbons (Fsp3) is 0.276. The first-order valence-electron chi connectivity index (χ1n) is 12.6. The van der Waals surface area contributed by atoms with E-state index in [1.165, 1.54) is 7.11 Å². The number of anilines is 1. The molecule has 1 amide bonds. The Morgan fingerprint density at radius 2 is 1.82 bits per heavy atom. The lowest BCUT2D eigenvalue weighted by Gasteiger charge is -2.19. The quantitative estimate of drug-likeness (QED) is 0.281. The first kappa shape index (κ1) is 27.3. The van der Waals surface area contributed by atoms with E-state index >= 15 is 0 Å². The van der Waals surface area contributed by atoms with Crippen LogP contribution in [-0.4, -0.2) is 52.0 Å². The monoisotopic (exact) mass is 529 g/mol. The molecule has 0 spiro atoms. The van der Waals surface area contributed by atoms with Gasteiger partial charge in [-0.2, -0.15) is 0 Å². The van der Waals surface area contributed by atoms with Crippen molar-refractivity contribution in [2.45, 2.75) is 32.9 Å². The van der Waals surface area contributed by atoms with Crippen molar-refractivity contribution in [3.8, 4) is 11.3 Å². The largest absolute Gasteiger partial charge is 0.468 e. The van der Waals surface area contributed by atoms with Crippen molar-refractivity contribution in [2.75, 3.05) is 19.0 Å². The number of rotatable bonds is 11. The van der Waals surface area contributed by atoms with Crippen LogP contribution in [-0.2, 0) is 25.6 Å². The van der Waals surface area contributed by atoms with Gasteiger partial charge in [-0.05, 0) is 36.1 Å². The molecular weight excluding hydrogens is 498 g/mol. The summed E-state index contributed by atoms with van der Waals surface area (Å²) in [7, 11) is 1.23.